The number of hydrogen-bond acceptors (Lipinski definition) is 10. The molecule has 19 heavy (non-hydrogen) atoms. The Kier molecular flexibility index (Phi) is 10.4. The zero-order chi connectivity index (χ0) is 15.4. The number of rotatable bonds is 4. The minimum absolute atomic E-state index is 0. The first-order valence-electron chi connectivity index (χ1n) is 4.42. The fourth-order valence-corrected chi connectivity index (χ4v) is 1.06. The van der Waals surface area contributed by atoms with Crippen molar-refractivity contribution in [3.8, 4) is 0 Å². The second-order valence-corrected chi connectivity index (χ2v) is 6.23. The van der Waals surface area contributed by atoms with Gasteiger partial charge < -0.3 is 29.5 Å². The van der Waals surface area contributed by atoms with Crippen molar-refractivity contribution in [2.75, 3.05) is 0 Å². The molecule has 0 unspecified atom stereocenters. The van der Waals surface area contributed by atoms with Crippen LogP contribution < -0.4 is 0 Å². The van der Waals surface area contributed by atoms with Crippen LogP contribution in [0.2, 0.25) is 0 Å². The number of aliphatic hydroxyl groups is 4. The van der Waals surface area contributed by atoms with Gasteiger partial charge in [0.2, 0.25) is 0 Å². The molecule has 0 fully saturated rings. The largest absolute Gasteiger partial charge is 2.00 e. The molecular formula is C6H14O10S2Sn. The van der Waals surface area contributed by atoms with Crippen LogP contribution in [0.15, 0.2) is 0 Å². The summed E-state index contributed by atoms with van der Waals surface area (Å²) in [6.45, 7) is 2.35. The van der Waals surface area contributed by atoms with Crippen molar-refractivity contribution in [2.45, 2.75) is 36.9 Å². The second-order valence-electron chi connectivity index (χ2n) is 3.10. The Hall–Kier alpha value is 0.459. The predicted octanol–water partition coefficient (Wildman–Crippen LogP) is -3.22. The van der Waals surface area contributed by atoms with E-state index in [-0.39, 0.29) is 23.9 Å². The van der Waals surface area contributed by atoms with Gasteiger partial charge in [0.05, 0.1) is 0 Å². The molecular weight excluding hydrogens is 415 g/mol. The average molecular weight is 429 g/mol. The van der Waals surface area contributed by atoms with Crippen molar-refractivity contribution in [3.63, 3.8) is 0 Å². The first-order chi connectivity index (χ1) is 7.62. The summed E-state index contributed by atoms with van der Waals surface area (Å²) in [6, 6.07) is 0. The molecule has 0 saturated heterocycles. The topological polar surface area (TPSA) is 195 Å². The van der Waals surface area contributed by atoms with Crippen molar-refractivity contribution in [1.82, 2.24) is 0 Å². The van der Waals surface area contributed by atoms with Crippen molar-refractivity contribution in [2.24, 2.45) is 0 Å². The molecule has 0 heterocycles. The standard InChI is InChI=1S/2C3H8O5S.Sn/c2*1-2-3(4,5)9(6,7)8;/h2*4-5H,2H2,1H3,(H,6,7,8);/q;;+2/p-2. The van der Waals surface area contributed by atoms with Crippen molar-refractivity contribution >= 4 is 44.1 Å². The Bertz CT molecular complexity index is 406. The van der Waals surface area contributed by atoms with Crippen LogP contribution in [-0.2, 0) is 20.2 Å². The van der Waals surface area contributed by atoms with Crippen LogP contribution in [0, 0.1) is 0 Å². The van der Waals surface area contributed by atoms with Crippen LogP contribution in [0.4, 0.5) is 0 Å². The quantitative estimate of drug-likeness (QED) is 0.201. The van der Waals surface area contributed by atoms with E-state index < -0.39 is 43.3 Å². The van der Waals surface area contributed by atoms with Crippen molar-refractivity contribution < 1.29 is 46.4 Å². The summed E-state index contributed by atoms with van der Waals surface area (Å²) in [5, 5.41) is 27.1. The van der Waals surface area contributed by atoms with E-state index in [2.05, 4.69) is 0 Å². The van der Waals surface area contributed by atoms with Crippen molar-refractivity contribution in [3.05, 3.63) is 0 Å². The molecule has 0 amide bonds. The van der Waals surface area contributed by atoms with Gasteiger partial charge in [0, 0.05) is 12.8 Å². The van der Waals surface area contributed by atoms with Gasteiger partial charge >= 0.3 is 23.9 Å². The molecule has 4 N–H and O–H groups in total. The Morgan fingerprint density at radius 1 is 0.789 bits per heavy atom. The molecule has 0 aromatic heterocycles. The second kappa shape index (κ2) is 8.04. The maximum absolute atomic E-state index is 9.83. The van der Waals surface area contributed by atoms with Gasteiger partial charge in [0.1, 0.15) is 0 Å². The predicted molar refractivity (Wildman–Crippen MR) is 60.1 cm³/mol. The first-order valence-corrected chi connectivity index (χ1v) is 7.24. The molecule has 0 rings (SSSR count). The maximum Gasteiger partial charge on any atom is 2.00 e. The summed E-state index contributed by atoms with van der Waals surface area (Å²) in [5.41, 5.74) is 0. The summed E-state index contributed by atoms with van der Waals surface area (Å²) >= 11 is 0. The zero-order valence-electron chi connectivity index (χ0n) is 9.97. The molecule has 0 saturated carbocycles. The van der Waals surface area contributed by atoms with Gasteiger partial charge in [-0.2, -0.15) is 0 Å². The van der Waals surface area contributed by atoms with Crippen LogP contribution in [0.5, 0.6) is 0 Å². The Labute approximate surface area is 127 Å². The minimum Gasteiger partial charge on any atom is -0.744 e. The molecule has 0 atom stereocenters. The molecule has 2 radical (unpaired) electrons. The van der Waals surface area contributed by atoms with Crippen LogP contribution in [-0.4, -0.2) is 80.5 Å². The van der Waals surface area contributed by atoms with E-state index in [0.717, 1.165) is 0 Å². The smallest absolute Gasteiger partial charge is 0.744 e. The van der Waals surface area contributed by atoms with Gasteiger partial charge in [0.25, 0.3) is 10.2 Å². The summed E-state index contributed by atoms with van der Waals surface area (Å²) in [5.74, 6) is 0. The third-order valence-electron chi connectivity index (χ3n) is 1.72. The van der Waals surface area contributed by atoms with Gasteiger partial charge in [0.15, 0.2) is 20.2 Å². The van der Waals surface area contributed by atoms with E-state index >= 15 is 0 Å². The van der Waals surface area contributed by atoms with Crippen LogP contribution >= 0.6 is 0 Å². The summed E-state index contributed by atoms with van der Waals surface area (Å²) in [6.07, 6.45) is -1.06. The molecule has 0 aromatic rings. The van der Waals surface area contributed by atoms with Crippen LogP contribution in [0.1, 0.15) is 26.7 Å². The Morgan fingerprint density at radius 3 is 0.947 bits per heavy atom. The van der Waals surface area contributed by atoms with Gasteiger partial charge in [-0.25, -0.2) is 16.8 Å². The molecule has 0 aliphatic rings. The normalized spacial score (nSPS) is 13.1. The summed E-state index contributed by atoms with van der Waals surface area (Å²) in [7, 11) is -9.98. The first kappa shape index (κ1) is 24.5. The third kappa shape index (κ3) is 8.36. The van der Waals surface area contributed by atoms with E-state index in [0.29, 0.717) is 0 Å². The average Bonchev–Trinajstić information content (AvgIpc) is 2.15. The van der Waals surface area contributed by atoms with Crippen LogP contribution in [0.25, 0.3) is 0 Å². The molecule has 0 aliphatic carbocycles. The molecule has 13 heteroatoms. The SMILES string of the molecule is CCC(O)(O)S(=O)(=O)[O-].CCC(O)(O)S(=O)(=O)[O-].[Sn+2]. The number of hydrogen-bond donors (Lipinski definition) is 4. The van der Waals surface area contributed by atoms with Gasteiger partial charge in [-0.1, -0.05) is 13.8 Å². The molecule has 0 spiro atoms. The van der Waals surface area contributed by atoms with Crippen molar-refractivity contribution in [1.29, 1.82) is 0 Å². The monoisotopic (exact) mass is 430 g/mol. The fraction of sp³-hybridized carbons (Fsp3) is 1.00. The van der Waals surface area contributed by atoms with E-state index in [4.69, 9.17) is 20.4 Å². The van der Waals surface area contributed by atoms with Gasteiger partial charge in [-0.05, 0) is 0 Å². The summed E-state index contributed by atoms with van der Waals surface area (Å²) < 4.78 is 59.0. The van der Waals surface area contributed by atoms with E-state index in [9.17, 15) is 25.9 Å². The Morgan fingerprint density at radius 2 is 0.947 bits per heavy atom. The zero-order valence-corrected chi connectivity index (χ0v) is 14.5. The molecule has 0 aliphatic heterocycles. The fourth-order valence-electron chi connectivity index (χ4n) is 0.354. The Balaban J connectivity index is -0.000000256. The minimum atomic E-state index is -4.99. The molecule has 114 valence electrons. The van der Waals surface area contributed by atoms with Gasteiger partial charge in [-0.15, -0.1) is 0 Å². The van der Waals surface area contributed by atoms with E-state index in [1.807, 2.05) is 0 Å². The van der Waals surface area contributed by atoms with E-state index in [1.165, 1.54) is 13.8 Å². The van der Waals surface area contributed by atoms with Gasteiger partial charge in [-0.3, -0.25) is 0 Å². The van der Waals surface area contributed by atoms with E-state index in [1.54, 1.807) is 0 Å². The molecule has 0 aromatic carbocycles. The third-order valence-corrected chi connectivity index (χ3v) is 3.90. The molecule has 0 bridgehead atoms. The molecule has 10 nitrogen and oxygen atoms in total. The summed E-state index contributed by atoms with van der Waals surface area (Å²) in [4.78, 5) is 0. The van der Waals surface area contributed by atoms with Crippen LogP contribution in [0.3, 0.4) is 0 Å². The maximum atomic E-state index is 9.83.